The molecule has 0 fully saturated rings. The number of halogens is 1. The molecule has 3 amide bonds. The highest BCUT2D eigenvalue weighted by Gasteiger charge is 2.17. The molecule has 1 heterocycles. The number of hydrogen-bond acceptors (Lipinski definition) is 3. The minimum Gasteiger partial charge on any atom is -0.345 e. The number of hydrogen-bond donors (Lipinski definition) is 1. The fourth-order valence-corrected chi connectivity index (χ4v) is 2.84. The van der Waals surface area contributed by atoms with Gasteiger partial charge in [-0.15, -0.1) is 0 Å². The monoisotopic (exact) mass is 383 g/mol. The van der Waals surface area contributed by atoms with Gasteiger partial charge in [0, 0.05) is 33.8 Å². The Morgan fingerprint density at radius 1 is 1.14 bits per heavy atom. The molecule has 146 valence electrons. The van der Waals surface area contributed by atoms with Crippen molar-refractivity contribution >= 4 is 28.7 Å². The number of imidazole rings is 1. The predicted molar refractivity (Wildman–Crippen MR) is 106 cm³/mol. The van der Waals surface area contributed by atoms with E-state index in [0.717, 1.165) is 5.52 Å². The number of urea groups is 1. The molecule has 3 rings (SSSR count). The van der Waals surface area contributed by atoms with Gasteiger partial charge < -0.3 is 19.7 Å². The number of anilines is 1. The van der Waals surface area contributed by atoms with Crippen molar-refractivity contribution in [3.8, 4) is 0 Å². The third kappa shape index (κ3) is 3.80. The van der Waals surface area contributed by atoms with E-state index in [2.05, 4.69) is 10.3 Å². The molecule has 0 atom stereocenters. The van der Waals surface area contributed by atoms with Gasteiger partial charge in [0.1, 0.15) is 11.6 Å². The summed E-state index contributed by atoms with van der Waals surface area (Å²) in [5.41, 5.74) is 2.20. The fourth-order valence-electron chi connectivity index (χ4n) is 2.84. The first-order valence-electron chi connectivity index (χ1n) is 8.71. The van der Waals surface area contributed by atoms with Crippen LogP contribution in [0.4, 0.5) is 14.9 Å². The molecule has 0 aliphatic heterocycles. The number of rotatable bonds is 4. The number of nitrogens with zero attached hydrogens (tertiary/aromatic N) is 4. The van der Waals surface area contributed by atoms with Crippen LogP contribution in [0.5, 0.6) is 0 Å². The van der Waals surface area contributed by atoms with Crippen LogP contribution in [0.3, 0.4) is 0 Å². The van der Waals surface area contributed by atoms with Crippen LogP contribution >= 0.6 is 0 Å². The molecule has 3 aromatic rings. The zero-order chi connectivity index (χ0) is 20.4. The molecule has 8 heteroatoms. The lowest BCUT2D eigenvalue weighted by atomic mass is 10.2. The number of aromatic nitrogens is 2. The molecule has 28 heavy (non-hydrogen) atoms. The van der Waals surface area contributed by atoms with Crippen LogP contribution in [0.1, 0.15) is 16.2 Å². The van der Waals surface area contributed by atoms with E-state index < -0.39 is 11.8 Å². The van der Waals surface area contributed by atoms with Gasteiger partial charge in [0.15, 0.2) is 0 Å². The van der Waals surface area contributed by atoms with Crippen LogP contribution in [-0.4, -0.2) is 52.4 Å². The number of carbonyl (C=O) groups excluding carboxylic acids is 2. The number of nitrogens with one attached hydrogen (secondary N) is 1. The summed E-state index contributed by atoms with van der Waals surface area (Å²) in [5, 5.41) is 2.54. The lowest BCUT2D eigenvalue weighted by Crippen LogP contribution is -2.32. The zero-order valence-electron chi connectivity index (χ0n) is 16.2. The van der Waals surface area contributed by atoms with Crippen molar-refractivity contribution in [2.24, 2.45) is 7.05 Å². The maximum Gasteiger partial charge on any atom is 0.322 e. The van der Waals surface area contributed by atoms with Gasteiger partial charge in [-0.2, -0.15) is 0 Å². The Balaban J connectivity index is 1.79. The molecule has 0 radical (unpaired) electrons. The predicted octanol–water partition coefficient (Wildman–Crippen LogP) is 3.08. The quantitative estimate of drug-likeness (QED) is 0.753. The van der Waals surface area contributed by atoms with Gasteiger partial charge in [0.25, 0.3) is 5.91 Å². The van der Waals surface area contributed by atoms with Crippen molar-refractivity contribution in [3.05, 3.63) is 59.7 Å². The van der Waals surface area contributed by atoms with Gasteiger partial charge in [-0.3, -0.25) is 4.79 Å². The highest BCUT2D eigenvalue weighted by atomic mass is 19.1. The van der Waals surface area contributed by atoms with Crippen molar-refractivity contribution < 1.29 is 14.0 Å². The number of carbonyl (C=O) groups is 2. The van der Waals surface area contributed by atoms with E-state index in [0.29, 0.717) is 16.9 Å². The maximum atomic E-state index is 13.7. The van der Waals surface area contributed by atoms with Gasteiger partial charge >= 0.3 is 6.03 Å². The highest BCUT2D eigenvalue weighted by molar-refractivity contribution is 5.97. The van der Waals surface area contributed by atoms with Gasteiger partial charge in [-0.25, -0.2) is 14.2 Å². The number of fused-ring (bicyclic) bond motifs is 1. The first-order valence-corrected chi connectivity index (χ1v) is 8.71. The largest absolute Gasteiger partial charge is 0.345 e. The second-order valence-electron chi connectivity index (χ2n) is 6.76. The summed E-state index contributed by atoms with van der Waals surface area (Å²) in [6.45, 7) is 0.225. The lowest BCUT2D eigenvalue weighted by molar-refractivity contribution is 0.0827. The summed E-state index contributed by atoms with van der Waals surface area (Å²) in [5.74, 6) is 0.0520. The van der Waals surface area contributed by atoms with Crippen LogP contribution < -0.4 is 5.32 Å². The molecular formula is C20H22FN5O2. The molecule has 1 N–H and O–H groups in total. The second kappa shape index (κ2) is 7.67. The number of para-hydroxylation sites is 1. The standard InChI is InChI=1S/C20H22FN5O2/c1-24(2)19(27)13-9-10-17-16(11-13)22-18(26(17)4)12-25(3)20(28)23-15-8-6-5-7-14(15)21/h5-11H,12H2,1-4H3,(H,23,28). The Bertz CT molecular complexity index is 1040. The first kappa shape index (κ1) is 19.3. The Morgan fingerprint density at radius 3 is 2.54 bits per heavy atom. The van der Waals surface area contributed by atoms with Gasteiger partial charge in [-0.1, -0.05) is 12.1 Å². The minimum absolute atomic E-state index is 0.101. The van der Waals surface area contributed by atoms with E-state index in [1.807, 2.05) is 17.7 Å². The SMILES string of the molecule is CN(C)C(=O)c1ccc2c(c1)nc(CN(C)C(=O)Nc1ccccc1F)n2C. The molecule has 0 saturated carbocycles. The van der Waals surface area contributed by atoms with E-state index in [-0.39, 0.29) is 18.1 Å². The van der Waals surface area contributed by atoms with Crippen LogP contribution in [0.15, 0.2) is 42.5 Å². The van der Waals surface area contributed by atoms with Crippen molar-refractivity contribution in [1.82, 2.24) is 19.4 Å². The topological polar surface area (TPSA) is 70.5 Å². The molecule has 7 nitrogen and oxygen atoms in total. The zero-order valence-corrected chi connectivity index (χ0v) is 16.2. The van der Waals surface area contributed by atoms with Gasteiger partial charge in [0.05, 0.1) is 23.3 Å². The smallest absolute Gasteiger partial charge is 0.322 e. The molecule has 0 aliphatic carbocycles. The summed E-state index contributed by atoms with van der Waals surface area (Å²) >= 11 is 0. The van der Waals surface area contributed by atoms with E-state index in [1.54, 1.807) is 45.4 Å². The lowest BCUT2D eigenvalue weighted by Gasteiger charge is -2.18. The van der Waals surface area contributed by atoms with E-state index in [4.69, 9.17) is 0 Å². The van der Waals surface area contributed by atoms with Gasteiger partial charge in [0.2, 0.25) is 0 Å². The Labute approximate surface area is 162 Å². The van der Waals surface area contributed by atoms with Crippen LogP contribution in [0.25, 0.3) is 11.0 Å². The third-order valence-electron chi connectivity index (χ3n) is 4.47. The fraction of sp³-hybridized carbons (Fsp3) is 0.250. The summed E-state index contributed by atoms with van der Waals surface area (Å²) < 4.78 is 15.6. The van der Waals surface area contributed by atoms with Crippen LogP contribution in [-0.2, 0) is 13.6 Å². The summed E-state index contributed by atoms with van der Waals surface area (Å²) in [7, 11) is 6.84. The summed E-state index contributed by atoms with van der Waals surface area (Å²) in [6, 6.07) is 10.9. The molecule has 0 bridgehead atoms. The molecule has 2 aromatic carbocycles. The average molecular weight is 383 g/mol. The van der Waals surface area contributed by atoms with Crippen molar-refractivity contribution in [2.75, 3.05) is 26.5 Å². The molecular weight excluding hydrogens is 361 g/mol. The van der Waals surface area contributed by atoms with Crippen LogP contribution in [0.2, 0.25) is 0 Å². The van der Waals surface area contributed by atoms with E-state index in [9.17, 15) is 14.0 Å². The number of benzene rings is 2. The van der Waals surface area contributed by atoms with Gasteiger partial charge in [-0.05, 0) is 30.3 Å². The molecule has 0 unspecified atom stereocenters. The van der Waals surface area contributed by atoms with Crippen molar-refractivity contribution in [2.45, 2.75) is 6.54 Å². The van der Waals surface area contributed by atoms with Crippen molar-refractivity contribution in [1.29, 1.82) is 0 Å². The molecule has 0 aliphatic rings. The Morgan fingerprint density at radius 2 is 1.86 bits per heavy atom. The third-order valence-corrected chi connectivity index (χ3v) is 4.47. The Kier molecular flexibility index (Phi) is 5.30. The second-order valence-corrected chi connectivity index (χ2v) is 6.76. The molecule has 0 saturated heterocycles. The van der Waals surface area contributed by atoms with E-state index >= 15 is 0 Å². The molecule has 0 spiro atoms. The van der Waals surface area contributed by atoms with Crippen molar-refractivity contribution in [3.63, 3.8) is 0 Å². The summed E-state index contributed by atoms with van der Waals surface area (Å²) in [4.78, 5) is 32.0. The Hall–Kier alpha value is -3.42. The summed E-state index contributed by atoms with van der Waals surface area (Å²) in [6.07, 6.45) is 0. The minimum atomic E-state index is -0.495. The average Bonchev–Trinajstić information content (AvgIpc) is 2.97. The highest BCUT2D eigenvalue weighted by Crippen LogP contribution is 2.19. The number of amides is 3. The first-order chi connectivity index (χ1) is 13.3. The van der Waals surface area contributed by atoms with Crippen LogP contribution in [0, 0.1) is 5.82 Å². The van der Waals surface area contributed by atoms with E-state index in [1.165, 1.54) is 21.9 Å². The normalized spacial score (nSPS) is 10.8. The maximum absolute atomic E-state index is 13.7. The number of aryl methyl sites for hydroxylation is 1. The molecule has 1 aromatic heterocycles.